The Morgan fingerprint density at radius 2 is 1.91 bits per heavy atom. The van der Waals surface area contributed by atoms with Gasteiger partial charge in [0.25, 0.3) is 0 Å². The molecule has 1 heterocycles. The average molecular weight is 309 g/mol. The molecule has 0 aromatic carbocycles. The molecule has 22 heavy (non-hydrogen) atoms. The van der Waals surface area contributed by atoms with E-state index >= 15 is 0 Å². The standard InChI is InChI=1S/C19H35NO2/c1-18(2)15-7-9-19(18,3)17(13-15)22-12-8-16(21)14-20-10-5-4-6-11-20/h15-17,21H,4-14H2,1-3H3/t15-,16+,17-,19-/m1/s1. The first-order valence-electron chi connectivity index (χ1n) is 9.45. The number of likely N-dealkylation sites (tertiary alicyclic amines) is 1. The lowest BCUT2D eigenvalue weighted by molar-refractivity contribution is -0.0566. The van der Waals surface area contributed by atoms with E-state index in [0.717, 1.165) is 38.6 Å². The van der Waals surface area contributed by atoms with Crippen molar-refractivity contribution in [2.24, 2.45) is 16.7 Å². The van der Waals surface area contributed by atoms with Crippen LogP contribution in [0, 0.1) is 16.7 Å². The normalized spacial score (nSPS) is 39.3. The van der Waals surface area contributed by atoms with Crippen LogP contribution >= 0.6 is 0 Å². The first-order chi connectivity index (χ1) is 10.4. The van der Waals surface area contributed by atoms with Gasteiger partial charge in [-0.25, -0.2) is 0 Å². The van der Waals surface area contributed by atoms with E-state index in [0.29, 0.717) is 16.9 Å². The van der Waals surface area contributed by atoms with Crippen LogP contribution in [-0.2, 0) is 4.74 Å². The van der Waals surface area contributed by atoms with Crippen molar-refractivity contribution in [1.29, 1.82) is 0 Å². The van der Waals surface area contributed by atoms with E-state index in [1.54, 1.807) is 0 Å². The fourth-order valence-corrected chi connectivity index (χ4v) is 5.26. The molecular weight excluding hydrogens is 274 g/mol. The molecular formula is C19H35NO2. The van der Waals surface area contributed by atoms with Crippen molar-refractivity contribution >= 4 is 0 Å². The van der Waals surface area contributed by atoms with Crippen molar-refractivity contribution in [2.45, 2.75) is 77.9 Å². The molecule has 1 saturated heterocycles. The van der Waals surface area contributed by atoms with Gasteiger partial charge in [0, 0.05) is 13.2 Å². The molecule has 3 rings (SSSR count). The number of hydrogen-bond acceptors (Lipinski definition) is 3. The molecule has 2 bridgehead atoms. The molecule has 0 unspecified atom stereocenters. The van der Waals surface area contributed by atoms with Crippen molar-refractivity contribution in [3.8, 4) is 0 Å². The van der Waals surface area contributed by atoms with Crippen LogP contribution in [0.3, 0.4) is 0 Å². The SMILES string of the molecule is CC1(C)[C@@H]2CC[C@]1(C)[C@H](OCC[C@H](O)CN1CCCCC1)C2. The van der Waals surface area contributed by atoms with Gasteiger partial charge in [0.05, 0.1) is 12.2 Å². The van der Waals surface area contributed by atoms with Gasteiger partial charge in [-0.3, -0.25) is 0 Å². The van der Waals surface area contributed by atoms with Gasteiger partial charge in [0.1, 0.15) is 0 Å². The minimum atomic E-state index is -0.225. The van der Waals surface area contributed by atoms with Gasteiger partial charge in [0.2, 0.25) is 0 Å². The van der Waals surface area contributed by atoms with Crippen molar-refractivity contribution in [2.75, 3.05) is 26.2 Å². The van der Waals surface area contributed by atoms with Crippen LogP contribution in [-0.4, -0.2) is 48.5 Å². The van der Waals surface area contributed by atoms with Gasteiger partial charge < -0.3 is 14.7 Å². The Labute approximate surface area is 136 Å². The van der Waals surface area contributed by atoms with Crippen LogP contribution in [0.2, 0.25) is 0 Å². The van der Waals surface area contributed by atoms with Gasteiger partial charge in [-0.15, -0.1) is 0 Å². The number of piperidine rings is 1. The molecule has 0 aromatic heterocycles. The van der Waals surface area contributed by atoms with Crippen LogP contribution < -0.4 is 0 Å². The second kappa shape index (κ2) is 6.41. The molecule has 4 atom stereocenters. The summed E-state index contributed by atoms with van der Waals surface area (Å²) in [5.41, 5.74) is 0.763. The van der Waals surface area contributed by atoms with Crippen LogP contribution in [0.5, 0.6) is 0 Å². The number of β-amino-alcohol motifs (C(OH)–C–C–N with tert-alkyl or cyclic N) is 1. The molecule has 0 radical (unpaired) electrons. The highest BCUT2D eigenvalue weighted by molar-refractivity contribution is 5.11. The van der Waals surface area contributed by atoms with Crippen molar-refractivity contribution < 1.29 is 9.84 Å². The number of nitrogens with zero attached hydrogens (tertiary/aromatic N) is 1. The molecule has 1 N–H and O–H groups in total. The number of aliphatic hydroxyl groups is 1. The molecule has 2 aliphatic carbocycles. The Balaban J connectivity index is 1.40. The maximum Gasteiger partial charge on any atom is 0.0689 e. The third-order valence-electron chi connectivity index (χ3n) is 7.40. The van der Waals surface area contributed by atoms with Crippen molar-refractivity contribution in [1.82, 2.24) is 4.90 Å². The molecule has 1 aliphatic heterocycles. The Bertz CT molecular complexity index is 378. The predicted molar refractivity (Wildman–Crippen MR) is 89.9 cm³/mol. The fraction of sp³-hybridized carbons (Fsp3) is 1.00. The largest absolute Gasteiger partial charge is 0.392 e. The van der Waals surface area contributed by atoms with Gasteiger partial charge in [0.15, 0.2) is 0 Å². The van der Waals surface area contributed by atoms with Gasteiger partial charge in [-0.05, 0) is 68.4 Å². The molecule has 2 saturated carbocycles. The Morgan fingerprint density at radius 1 is 1.18 bits per heavy atom. The summed E-state index contributed by atoms with van der Waals surface area (Å²) in [6.07, 6.45) is 8.82. The quantitative estimate of drug-likeness (QED) is 0.815. The van der Waals surface area contributed by atoms with E-state index in [4.69, 9.17) is 4.74 Å². The van der Waals surface area contributed by atoms with Crippen LogP contribution in [0.4, 0.5) is 0 Å². The molecule has 0 aromatic rings. The molecule has 3 heteroatoms. The molecule has 3 nitrogen and oxygen atoms in total. The summed E-state index contributed by atoms with van der Waals surface area (Å²) >= 11 is 0. The lowest BCUT2D eigenvalue weighted by atomic mass is 9.70. The van der Waals surface area contributed by atoms with Crippen molar-refractivity contribution in [3.05, 3.63) is 0 Å². The van der Waals surface area contributed by atoms with Crippen LogP contribution in [0.25, 0.3) is 0 Å². The van der Waals surface area contributed by atoms with E-state index in [-0.39, 0.29) is 6.10 Å². The zero-order valence-corrected chi connectivity index (χ0v) is 14.8. The third-order valence-corrected chi connectivity index (χ3v) is 7.40. The zero-order chi connectivity index (χ0) is 15.8. The summed E-state index contributed by atoms with van der Waals surface area (Å²) < 4.78 is 6.26. The highest BCUT2D eigenvalue weighted by Crippen LogP contribution is 2.66. The van der Waals surface area contributed by atoms with Gasteiger partial charge >= 0.3 is 0 Å². The van der Waals surface area contributed by atoms with E-state index in [1.165, 1.54) is 38.5 Å². The summed E-state index contributed by atoms with van der Waals surface area (Å²) in [7, 11) is 0. The highest BCUT2D eigenvalue weighted by Gasteiger charge is 2.61. The number of rotatable bonds is 6. The Kier molecular flexibility index (Phi) is 4.87. The molecule has 0 amide bonds. The second-order valence-corrected chi connectivity index (χ2v) is 8.77. The number of hydrogen-bond donors (Lipinski definition) is 1. The number of fused-ring (bicyclic) bond motifs is 2. The number of aliphatic hydroxyl groups excluding tert-OH is 1. The third kappa shape index (κ3) is 2.97. The van der Waals surface area contributed by atoms with Gasteiger partial charge in [-0.2, -0.15) is 0 Å². The van der Waals surface area contributed by atoms with E-state index < -0.39 is 0 Å². The van der Waals surface area contributed by atoms with E-state index in [1.807, 2.05) is 0 Å². The minimum Gasteiger partial charge on any atom is -0.392 e. The second-order valence-electron chi connectivity index (χ2n) is 8.77. The van der Waals surface area contributed by atoms with Gasteiger partial charge in [-0.1, -0.05) is 27.2 Å². The summed E-state index contributed by atoms with van der Waals surface area (Å²) in [5, 5.41) is 10.3. The highest BCUT2D eigenvalue weighted by atomic mass is 16.5. The molecule has 3 fully saturated rings. The molecule has 128 valence electrons. The number of ether oxygens (including phenoxy) is 1. The molecule has 0 spiro atoms. The maximum atomic E-state index is 10.3. The summed E-state index contributed by atoms with van der Waals surface area (Å²) in [6.45, 7) is 11.2. The van der Waals surface area contributed by atoms with Crippen LogP contribution in [0.15, 0.2) is 0 Å². The Hall–Kier alpha value is -0.120. The smallest absolute Gasteiger partial charge is 0.0689 e. The zero-order valence-electron chi connectivity index (χ0n) is 14.8. The lowest BCUT2D eigenvalue weighted by Gasteiger charge is -2.39. The van der Waals surface area contributed by atoms with Crippen LogP contribution in [0.1, 0.15) is 65.7 Å². The minimum absolute atomic E-state index is 0.225. The Morgan fingerprint density at radius 3 is 2.50 bits per heavy atom. The monoisotopic (exact) mass is 309 g/mol. The first kappa shape index (κ1) is 16.7. The summed E-state index contributed by atoms with van der Waals surface area (Å²) in [5.74, 6) is 0.834. The van der Waals surface area contributed by atoms with E-state index in [9.17, 15) is 5.11 Å². The molecule has 3 aliphatic rings. The first-order valence-corrected chi connectivity index (χ1v) is 9.45. The average Bonchev–Trinajstić information content (AvgIpc) is 2.81. The summed E-state index contributed by atoms with van der Waals surface area (Å²) in [6, 6.07) is 0. The fourth-order valence-electron chi connectivity index (χ4n) is 5.26. The van der Waals surface area contributed by atoms with E-state index in [2.05, 4.69) is 25.7 Å². The maximum absolute atomic E-state index is 10.3. The topological polar surface area (TPSA) is 32.7 Å². The van der Waals surface area contributed by atoms with Crippen molar-refractivity contribution in [3.63, 3.8) is 0 Å². The lowest BCUT2D eigenvalue weighted by Crippen LogP contribution is -2.39. The predicted octanol–water partition coefficient (Wildman–Crippen LogP) is 3.45. The summed E-state index contributed by atoms with van der Waals surface area (Å²) in [4.78, 5) is 2.41.